The number of hydrogen-bond donors (Lipinski definition) is 0. The first-order valence-corrected chi connectivity index (χ1v) is 7.64. The van der Waals surface area contributed by atoms with Gasteiger partial charge in [0.2, 0.25) is 0 Å². The minimum atomic E-state index is 0.153. The molecule has 1 aromatic rings. The van der Waals surface area contributed by atoms with Crippen LogP contribution in [0.15, 0.2) is 18.3 Å². The zero-order chi connectivity index (χ0) is 15.7. The molecule has 0 unspecified atom stereocenters. The number of pyridine rings is 1. The fraction of sp³-hybridized carbons (Fsp3) is 0.722. The van der Waals surface area contributed by atoms with Crippen molar-refractivity contribution in [1.82, 2.24) is 4.98 Å². The Morgan fingerprint density at radius 1 is 0.842 bits per heavy atom. The van der Waals surface area contributed by atoms with E-state index in [0.29, 0.717) is 5.41 Å². The zero-order valence-electron chi connectivity index (χ0n) is 14.9. The van der Waals surface area contributed by atoms with Crippen molar-refractivity contribution in [2.75, 3.05) is 0 Å². The van der Waals surface area contributed by atoms with Crippen molar-refractivity contribution in [1.29, 1.82) is 0 Å². The van der Waals surface area contributed by atoms with Crippen molar-refractivity contribution in [3.63, 3.8) is 0 Å². The fourth-order valence-corrected chi connectivity index (χ4v) is 1.59. The van der Waals surface area contributed by atoms with E-state index < -0.39 is 0 Å². The van der Waals surface area contributed by atoms with E-state index in [1.54, 1.807) is 0 Å². The van der Waals surface area contributed by atoms with Gasteiger partial charge in [0.15, 0.2) is 0 Å². The first-order chi connectivity index (χ1) is 8.68. The average Bonchev–Trinajstić information content (AvgIpc) is 2.32. The van der Waals surface area contributed by atoms with E-state index in [2.05, 4.69) is 58.7 Å². The largest absolute Gasteiger partial charge is 0.260 e. The Kier molecular flexibility index (Phi) is 9.82. The van der Waals surface area contributed by atoms with Crippen LogP contribution in [0.3, 0.4) is 0 Å². The van der Waals surface area contributed by atoms with Crippen LogP contribution >= 0.6 is 0 Å². The number of rotatable bonds is 1. The highest BCUT2D eigenvalue weighted by Gasteiger charge is 2.16. The Balaban J connectivity index is 0. The molecule has 19 heavy (non-hydrogen) atoms. The van der Waals surface area contributed by atoms with E-state index in [-0.39, 0.29) is 5.41 Å². The van der Waals surface area contributed by atoms with E-state index in [9.17, 15) is 0 Å². The third-order valence-electron chi connectivity index (χ3n) is 2.33. The molecule has 0 spiro atoms. The summed E-state index contributed by atoms with van der Waals surface area (Å²) in [7, 11) is 0. The summed E-state index contributed by atoms with van der Waals surface area (Å²) in [5.74, 6) is 0. The van der Waals surface area contributed by atoms with Crippen molar-refractivity contribution in [3.05, 3.63) is 29.6 Å². The van der Waals surface area contributed by atoms with Gasteiger partial charge < -0.3 is 0 Å². The Morgan fingerprint density at radius 3 is 1.58 bits per heavy atom. The van der Waals surface area contributed by atoms with Crippen LogP contribution in [-0.2, 0) is 11.8 Å². The van der Waals surface area contributed by atoms with Crippen molar-refractivity contribution in [2.24, 2.45) is 5.41 Å². The average molecular weight is 265 g/mol. The summed E-state index contributed by atoms with van der Waals surface area (Å²) in [6.45, 7) is 21.3. The van der Waals surface area contributed by atoms with Gasteiger partial charge in [-0.15, -0.1) is 0 Å². The van der Waals surface area contributed by atoms with Crippen molar-refractivity contribution in [2.45, 2.75) is 81.1 Å². The van der Waals surface area contributed by atoms with Crippen LogP contribution in [0, 0.1) is 5.41 Å². The van der Waals surface area contributed by atoms with Gasteiger partial charge in [-0.2, -0.15) is 0 Å². The smallest absolute Gasteiger partial charge is 0.0457 e. The minimum Gasteiger partial charge on any atom is -0.260 e. The van der Waals surface area contributed by atoms with Gasteiger partial charge in [-0.3, -0.25) is 4.98 Å². The van der Waals surface area contributed by atoms with Gasteiger partial charge in [-0.25, -0.2) is 0 Å². The molecule has 0 aliphatic heterocycles. The Labute approximate surface area is 121 Å². The molecule has 1 heterocycles. The van der Waals surface area contributed by atoms with E-state index in [1.165, 1.54) is 11.3 Å². The molecule has 1 heteroatoms. The lowest BCUT2D eigenvalue weighted by Crippen LogP contribution is -2.14. The fourth-order valence-electron chi connectivity index (χ4n) is 1.59. The molecule has 0 aromatic carbocycles. The van der Waals surface area contributed by atoms with Gasteiger partial charge in [-0.05, 0) is 23.5 Å². The molecule has 112 valence electrons. The highest BCUT2D eigenvalue weighted by atomic mass is 14.7. The van der Waals surface area contributed by atoms with Crippen LogP contribution < -0.4 is 0 Å². The summed E-state index contributed by atoms with van der Waals surface area (Å²) in [6, 6.07) is 4.36. The summed E-state index contributed by atoms with van der Waals surface area (Å²) in [4.78, 5) is 4.53. The Morgan fingerprint density at radius 2 is 1.32 bits per heavy atom. The molecule has 1 nitrogen and oxygen atoms in total. The van der Waals surface area contributed by atoms with Gasteiger partial charge in [0.25, 0.3) is 0 Å². The molecule has 0 aliphatic rings. The van der Waals surface area contributed by atoms with Gasteiger partial charge in [0.05, 0.1) is 0 Å². The minimum absolute atomic E-state index is 0.153. The first kappa shape index (κ1) is 20.5. The molecule has 1 rings (SSSR count). The zero-order valence-corrected chi connectivity index (χ0v) is 14.9. The molecular weight excluding hydrogens is 230 g/mol. The summed E-state index contributed by atoms with van der Waals surface area (Å²) < 4.78 is 0. The van der Waals surface area contributed by atoms with Crippen molar-refractivity contribution < 1.29 is 0 Å². The maximum Gasteiger partial charge on any atom is 0.0457 e. The van der Waals surface area contributed by atoms with Crippen LogP contribution in [0.25, 0.3) is 0 Å². The van der Waals surface area contributed by atoms with Crippen molar-refractivity contribution in [3.8, 4) is 0 Å². The lowest BCUT2D eigenvalue weighted by molar-refractivity contribution is 0.410. The topological polar surface area (TPSA) is 12.9 Å². The second-order valence-electron chi connectivity index (χ2n) is 6.54. The first-order valence-electron chi connectivity index (χ1n) is 7.64. The number of aromatic nitrogens is 1. The molecule has 0 radical (unpaired) electrons. The van der Waals surface area contributed by atoms with E-state index in [4.69, 9.17) is 0 Å². The molecule has 0 bridgehead atoms. The molecule has 0 fully saturated rings. The SMILES string of the molecule is CC.CC.CC(C)(C)Cc1ccc(C(C)(C)C)nc1. The monoisotopic (exact) mass is 265 g/mol. The third-order valence-corrected chi connectivity index (χ3v) is 2.33. The van der Waals surface area contributed by atoms with Gasteiger partial charge >= 0.3 is 0 Å². The second-order valence-corrected chi connectivity index (χ2v) is 6.54. The molecule has 0 saturated heterocycles. The molecule has 0 saturated carbocycles. The van der Waals surface area contributed by atoms with Crippen LogP contribution in [0.5, 0.6) is 0 Å². The normalized spacial score (nSPS) is 10.8. The maximum absolute atomic E-state index is 4.53. The second kappa shape index (κ2) is 9.12. The molecule has 1 aromatic heterocycles. The number of hydrogen-bond acceptors (Lipinski definition) is 1. The molecule has 0 atom stereocenters. The highest BCUT2D eigenvalue weighted by molar-refractivity contribution is 5.19. The molecule has 0 amide bonds. The van der Waals surface area contributed by atoms with Gasteiger partial charge in [0, 0.05) is 17.3 Å². The lowest BCUT2D eigenvalue weighted by Gasteiger charge is -2.20. The summed E-state index contributed by atoms with van der Waals surface area (Å²) in [5.41, 5.74) is 2.99. The number of nitrogens with zero attached hydrogens (tertiary/aromatic N) is 1. The quantitative estimate of drug-likeness (QED) is 0.605. The van der Waals surface area contributed by atoms with Crippen molar-refractivity contribution >= 4 is 0 Å². The molecular formula is C18H35N. The Hall–Kier alpha value is -0.850. The predicted octanol–water partition coefficient (Wildman–Crippen LogP) is 6.02. The highest BCUT2D eigenvalue weighted by Crippen LogP contribution is 2.23. The molecule has 0 N–H and O–H groups in total. The molecule has 0 aliphatic carbocycles. The van der Waals surface area contributed by atoms with Gasteiger partial charge in [0.1, 0.15) is 0 Å². The van der Waals surface area contributed by atoms with E-state index in [0.717, 1.165) is 6.42 Å². The predicted molar refractivity (Wildman–Crippen MR) is 88.8 cm³/mol. The third kappa shape index (κ3) is 9.69. The van der Waals surface area contributed by atoms with Crippen LogP contribution in [0.1, 0.15) is 80.5 Å². The summed E-state index contributed by atoms with van der Waals surface area (Å²) >= 11 is 0. The van der Waals surface area contributed by atoms with E-state index in [1.807, 2.05) is 33.9 Å². The van der Waals surface area contributed by atoms with Crippen LogP contribution in [0.4, 0.5) is 0 Å². The summed E-state index contributed by atoms with van der Waals surface area (Å²) in [5, 5.41) is 0. The van der Waals surface area contributed by atoms with Crippen LogP contribution in [-0.4, -0.2) is 4.98 Å². The van der Waals surface area contributed by atoms with Crippen LogP contribution in [0.2, 0.25) is 0 Å². The summed E-state index contributed by atoms with van der Waals surface area (Å²) in [6.07, 6.45) is 3.11. The van der Waals surface area contributed by atoms with E-state index >= 15 is 0 Å². The Bertz CT molecular complexity index is 309. The standard InChI is InChI=1S/C14H23N.2C2H6/c1-13(2,3)9-11-7-8-12(15-10-11)14(4,5)6;2*1-2/h7-8,10H,9H2,1-6H3;2*1-2H3. The lowest BCUT2D eigenvalue weighted by atomic mass is 9.87. The maximum atomic E-state index is 4.53. The van der Waals surface area contributed by atoms with Gasteiger partial charge in [-0.1, -0.05) is 75.3 Å².